The van der Waals surface area contributed by atoms with Crippen molar-refractivity contribution in [3.63, 3.8) is 0 Å². The number of anilines is 1. The van der Waals surface area contributed by atoms with Crippen molar-refractivity contribution in [1.29, 1.82) is 0 Å². The number of rotatable bonds is 2. The van der Waals surface area contributed by atoms with E-state index in [1.54, 1.807) is 12.1 Å². The van der Waals surface area contributed by atoms with Crippen LogP contribution in [0.3, 0.4) is 0 Å². The Morgan fingerprint density at radius 3 is 2.83 bits per heavy atom. The summed E-state index contributed by atoms with van der Waals surface area (Å²) in [4.78, 5) is 10.8. The average molecular weight is 243 g/mol. The molecular weight excluding hydrogens is 230 g/mol. The third-order valence-electron chi connectivity index (χ3n) is 3.12. The highest BCUT2D eigenvalue weighted by Gasteiger charge is 2.15. The fourth-order valence-corrected chi connectivity index (χ4v) is 2.18. The number of carbonyl (C=O) groups is 1. The largest absolute Gasteiger partial charge is 0.478 e. The highest BCUT2D eigenvalue weighted by Crippen LogP contribution is 2.29. The number of nitrogens with one attached hydrogen (secondary N) is 1. The number of carboxylic acids is 1. The third-order valence-corrected chi connectivity index (χ3v) is 3.12. The van der Waals surface area contributed by atoms with E-state index in [1.807, 2.05) is 23.0 Å². The Morgan fingerprint density at radius 2 is 2.11 bits per heavy atom. The molecule has 0 aliphatic carbocycles. The second kappa shape index (κ2) is 4.18. The number of hydrogen-bond acceptors (Lipinski definition) is 3. The number of hydrogen-bond donors (Lipinski definition) is 2. The van der Waals surface area contributed by atoms with Gasteiger partial charge < -0.3 is 10.4 Å². The van der Waals surface area contributed by atoms with E-state index in [-0.39, 0.29) is 0 Å². The third kappa shape index (κ3) is 1.73. The molecule has 2 N–H and O–H groups in total. The minimum atomic E-state index is -0.906. The van der Waals surface area contributed by atoms with Gasteiger partial charge in [-0.2, -0.15) is 5.10 Å². The van der Waals surface area contributed by atoms with Crippen molar-refractivity contribution >= 4 is 11.8 Å². The van der Waals surface area contributed by atoms with Crippen LogP contribution in [0.2, 0.25) is 0 Å². The molecule has 18 heavy (non-hydrogen) atoms. The van der Waals surface area contributed by atoms with Crippen molar-refractivity contribution in [2.75, 3.05) is 11.9 Å². The summed E-state index contributed by atoms with van der Waals surface area (Å²) in [5, 5.41) is 16.5. The van der Waals surface area contributed by atoms with E-state index in [1.165, 1.54) is 0 Å². The van der Waals surface area contributed by atoms with Gasteiger partial charge in [0.25, 0.3) is 0 Å². The van der Waals surface area contributed by atoms with E-state index in [0.717, 1.165) is 36.5 Å². The molecule has 0 bridgehead atoms. The molecule has 3 rings (SSSR count). The average Bonchev–Trinajstić information content (AvgIpc) is 2.82. The second-order valence-corrected chi connectivity index (χ2v) is 4.29. The molecule has 2 heterocycles. The lowest BCUT2D eigenvalue weighted by Gasteiger charge is -2.17. The molecule has 1 aromatic carbocycles. The van der Waals surface area contributed by atoms with E-state index in [4.69, 9.17) is 5.11 Å². The molecule has 1 aliphatic heterocycles. The van der Waals surface area contributed by atoms with E-state index < -0.39 is 5.97 Å². The van der Waals surface area contributed by atoms with E-state index in [2.05, 4.69) is 10.4 Å². The summed E-state index contributed by atoms with van der Waals surface area (Å²) in [6, 6.07) is 6.87. The Hall–Kier alpha value is -2.30. The summed E-state index contributed by atoms with van der Waals surface area (Å²) >= 11 is 0. The predicted octanol–water partition coefficient (Wildman–Crippen LogP) is 2.06. The van der Waals surface area contributed by atoms with E-state index in [0.29, 0.717) is 5.56 Å². The maximum absolute atomic E-state index is 10.8. The van der Waals surface area contributed by atoms with Crippen LogP contribution in [0.4, 0.5) is 5.82 Å². The van der Waals surface area contributed by atoms with Crippen molar-refractivity contribution < 1.29 is 9.90 Å². The first-order valence-corrected chi connectivity index (χ1v) is 5.89. The summed E-state index contributed by atoms with van der Waals surface area (Å²) in [5.74, 6) is 0.112. The molecule has 0 radical (unpaired) electrons. The van der Waals surface area contributed by atoms with Crippen LogP contribution in [0, 0.1) is 0 Å². The Balaban J connectivity index is 1.99. The summed E-state index contributed by atoms with van der Waals surface area (Å²) in [6.45, 7) is 1.88. The number of aromatic carboxylic acids is 1. The fraction of sp³-hybridized carbons (Fsp3) is 0.231. The number of benzene rings is 1. The van der Waals surface area contributed by atoms with Crippen LogP contribution < -0.4 is 5.32 Å². The van der Waals surface area contributed by atoms with Crippen molar-refractivity contribution in [2.45, 2.75) is 13.0 Å². The Kier molecular flexibility index (Phi) is 2.51. The first-order chi connectivity index (χ1) is 8.75. The summed E-state index contributed by atoms with van der Waals surface area (Å²) in [5.41, 5.74) is 2.30. The van der Waals surface area contributed by atoms with E-state index in [9.17, 15) is 4.79 Å². The van der Waals surface area contributed by atoms with E-state index >= 15 is 0 Å². The van der Waals surface area contributed by atoms with Gasteiger partial charge in [-0.1, -0.05) is 12.1 Å². The molecule has 5 nitrogen and oxygen atoms in total. The van der Waals surface area contributed by atoms with Crippen LogP contribution in [0.5, 0.6) is 0 Å². The van der Waals surface area contributed by atoms with Gasteiger partial charge in [0, 0.05) is 18.7 Å². The van der Waals surface area contributed by atoms with Gasteiger partial charge in [0.2, 0.25) is 0 Å². The van der Waals surface area contributed by atoms with Crippen LogP contribution in [-0.4, -0.2) is 27.4 Å². The number of fused-ring (bicyclic) bond motifs is 1. The molecule has 0 atom stereocenters. The maximum Gasteiger partial charge on any atom is 0.335 e. The normalized spacial score (nSPS) is 13.8. The topological polar surface area (TPSA) is 67.1 Å². The summed E-state index contributed by atoms with van der Waals surface area (Å²) in [6.07, 6.45) is 2.90. The first-order valence-electron chi connectivity index (χ1n) is 5.89. The van der Waals surface area contributed by atoms with Crippen molar-refractivity contribution in [1.82, 2.24) is 9.78 Å². The van der Waals surface area contributed by atoms with Crippen LogP contribution in [-0.2, 0) is 6.54 Å². The number of aryl methyl sites for hydroxylation is 1. The molecule has 0 amide bonds. The van der Waals surface area contributed by atoms with Crippen LogP contribution >= 0.6 is 0 Å². The van der Waals surface area contributed by atoms with Crippen molar-refractivity contribution in [3.05, 3.63) is 36.0 Å². The molecule has 1 aromatic heterocycles. The van der Waals surface area contributed by atoms with Gasteiger partial charge in [0.15, 0.2) is 0 Å². The van der Waals surface area contributed by atoms with Gasteiger partial charge in [0.1, 0.15) is 5.82 Å². The quantitative estimate of drug-likeness (QED) is 0.847. The molecular formula is C13H13N3O2. The molecule has 0 spiro atoms. The number of carboxylic acid groups (broad SMARTS) is 1. The molecule has 0 unspecified atom stereocenters. The lowest BCUT2D eigenvalue weighted by Crippen LogP contribution is -2.17. The van der Waals surface area contributed by atoms with Crippen molar-refractivity contribution in [2.24, 2.45) is 0 Å². The Labute approximate surface area is 104 Å². The lowest BCUT2D eigenvalue weighted by atomic mass is 10.1. The predicted molar refractivity (Wildman–Crippen MR) is 67.7 cm³/mol. The zero-order chi connectivity index (χ0) is 12.5. The SMILES string of the molecule is O=C(O)c1ccc(-c2cnn3c2NCCC3)cc1. The highest BCUT2D eigenvalue weighted by molar-refractivity contribution is 5.88. The summed E-state index contributed by atoms with van der Waals surface area (Å²) in [7, 11) is 0. The number of aromatic nitrogens is 2. The molecule has 2 aromatic rings. The molecule has 0 fully saturated rings. The summed E-state index contributed by atoms with van der Waals surface area (Å²) < 4.78 is 1.95. The maximum atomic E-state index is 10.8. The Morgan fingerprint density at radius 1 is 1.33 bits per heavy atom. The van der Waals surface area contributed by atoms with Gasteiger partial charge in [-0.3, -0.25) is 0 Å². The lowest BCUT2D eigenvalue weighted by molar-refractivity contribution is 0.0697. The van der Waals surface area contributed by atoms with Crippen LogP contribution in [0.25, 0.3) is 11.1 Å². The zero-order valence-electron chi connectivity index (χ0n) is 9.76. The minimum absolute atomic E-state index is 0.299. The Bertz CT molecular complexity index is 587. The smallest absolute Gasteiger partial charge is 0.335 e. The standard InChI is InChI=1S/C13H13N3O2/c17-13(18)10-4-2-9(3-5-10)11-8-15-16-7-1-6-14-12(11)16/h2-5,8,14H,1,6-7H2,(H,17,18). The van der Waals surface area contributed by atoms with Gasteiger partial charge in [-0.15, -0.1) is 0 Å². The fourth-order valence-electron chi connectivity index (χ4n) is 2.18. The highest BCUT2D eigenvalue weighted by atomic mass is 16.4. The minimum Gasteiger partial charge on any atom is -0.478 e. The molecule has 0 saturated heterocycles. The molecule has 5 heteroatoms. The molecule has 0 saturated carbocycles. The van der Waals surface area contributed by atoms with Gasteiger partial charge in [-0.25, -0.2) is 9.48 Å². The second-order valence-electron chi connectivity index (χ2n) is 4.29. The number of nitrogens with zero attached hydrogens (tertiary/aromatic N) is 2. The van der Waals surface area contributed by atoms with Gasteiger partial charge >= 0.3 is 5.97 Å². The molecule has 92 valence electrons. The zero-order valence-corrected chi connectivity index (χ0v) is 9.76. The van der Waals surface area contributed by atoms with Gasteiger partial charge in [-0.05, 0) is 24.1 Å². The van der Waals surface area contributed by atoms with Crippen molar-refractivity contribution in [3.8, 4) is 11.1 Å². The monoisotopic (exact) mass is 243 g/mol. The first kappa shape index (κ1) is 10.8. The van der Waals surface area contributed by atoms with Crippen LogP contribution in [0.15, 0.2) is 30.5 Å². The molecule has 1 aliphatic rings. The van der Waals surface area contributed by atoms with Crippen LogP contribution in [0.1, 0.15) is 16.8 Å². The van der Waals surface area contributed by atoms with Gasteiger partial charge in [0.05, 0.1) is 11.8 Å².